The fourth-order valence-electron chi connectivity index (χ4n) is 1.88. The minimum Gasteiger partial charge on any atom is -0.242 e. The molecule has 2 atom stereocenters. The Morgan fingerprint density at radius 1 is 1.04 bits per heavy atom. The molecule has 0 fully saturated rings. The van der Waals surface area contributed by atoms with Crippen molar-refractivity contribution in [2.75, 3.05) is 0 Å². The van der Waals surface area contributed by atoms with Gasteiger partial charge < -0.3 is 0 Å². The zero-order valence-electron chi connectivity index (χ0n) is 13.5. The summed E-state index contributed by atoms with van der Waals surface area (Å²) in [6.45, 7) is 5.39. The molecule has 0 saturated carbocycles. The average Bonchev–Trinajstić information content (AvgIpc) is 2.51. The molecule has 0 unspecified atom stereocenters. The number of halogens is 3. The van der Waals surface area contributed by atoms with E-state index in [1.165, 1.54) is 24.5 Å². The number of nitrogens with zero attached hydrogens (tertiary/aromatic N) is 2. The van der Waals surface area contributed by atoms with Gasteiger partial charge in [-0.15, -0.1) is 0 Å². The first-order chi connectivity index (χ1) is 11.1. The summed E-state index contributed by atoms with van der Waals surface area (Å²) >= 11 is 0. The number of hydrogen-bond donors (Lipinski definition) is 1. The van der Waals surface area contributed by atoms with Gasteiger partial charge in [0.25, 0.3) is 0 Å². The summed E-state index contributed by atoms with van der Waals surface area (Å²) in [7, 11) is -1.44. The molecule has 4 nitrogen and oxygen atoms in total. The maximum absolute atomic E-state index is 12.7. The van der Waals surface area contributed by atoms with Gasteiger partial charge in [0.2, 0.25) is 0 Å². The monoisotopic (exact) mass is 357 g/mol. The van der Waals surface area contributed by atoms with Crippen LogP contribution in [0.5, 0.6) is 0 Å². The Bertz CT molecular complexity index is 697. The Hall–Kier alpha value is -1.80. The summed E-state index contributed by atoms with van der Waals surface area (Å²) in [4.78, 5) is 8.26. The number of hydrogen-bond acceptors (Lipinski definition) is 3. The molecule has 8 heteroatoms. The summed E-state index contributed by atoms with van der Waals surface area (Å²) < 4.78 is 52.9. The van der Waals surface area contributed by atoms with Crippen molar-refractivity contribution < 1.29 is 17.4 Å². The summed E-state index contributed by atoms with van der Waals surface area (Å²) in [5.74, 6) is 0.342. The summed E-state index contributed by atoms with van der Waals surface area (Å²) in [6, 6.07) is 5.63. The fraction of sp³-hybridized carbons (Fsp3) is 0.375. The van der Waals surface area contributed by atoms with Crippen LogP contribution >= 0.6 is 0 Å². The third-order valence-corrected chi connectivity index (χ3v) is 4.76. The summed E-state index contributed by atoms with van der Waals surface area (Å²) in [5, 5.41) is 0. The van der Waals surface area contributed by atoms with Gasteiger partial charge >= 0.3 is 6.18 Å². The quantitative estimate of drug-likeness (QED) is 0.909. The van der Waals surface area contributed by atoms with Crippen LogP contribution in [0.4, 0.5) is 13.2 Å². The molecule has 0 aliphatic rings. The summed E-state index contributed by atoms with van der Waals surface area (Å²) in [5.41, 5.74) is -0.234. The second kappa shape index (κ2) is 6.98. The molecular formula is C16H18F3N3OS. The third kappa shape index (κ3) is 4.61. The van der Waals surface area contributed by atoms with E-state index in [0.29, 0.717) is 11.4 Å². The molecule has 0 bridgehead atoms. The Morgan fingerprint density at radius 2 is 1.58 bits per heavy atom. The van der Waals surface area contributed by atoms with Gasteiger partial charge in [-0.25, -0.2) is 18.9 Å². The highest BCUT2D eigenvalue weighted by Crippen LogP contribution is 2.31. The number of rotatable bonds is 4. The predicted octanol–water partition coefficient (Wildman–Crippen LogP) is 3.64. The van der Waals surface area contributed by atoms with E-state index in [1.807, 2.05) is 0 Å². The number of nitrogens with one attached hydrogen (secondary N) is 1. The normalized spacial score (nSPS) is 15.1. The SMILES string of the molecule is CC(C)(C)[S@](=O)N[C@@H](c1ccc(C(F)(F)F)cc1)c1ncccn1. The van der Waals surface area contributed by atoms with Crippen LogP contribution in [0.2, 0.25) is 0 Å². The minimum absolute atomic E-state index is 0.342. The number of alkyl halides is 3. The molecule has 1 heterocycles. The van der Waals surface area contributed by atoms with Crippen molar-refractivity contribution in [2.24, 2.45) is 0 Å². The zero-order chi connectivity index (χ0) is 18.0. The molecular weight excluding hydrogens is 339 g/mol. The van der Waals surface area contributed by atoms with Crippen molar-refractivity contribution in [3.63, 3.8) is 0 Å². The van der Waals surface area contributed by atoms with Crippen LogP contribution in [0.25, 0.3) is 0 Å². The molecule has 0 radical (unpaired) electrons. The van der Waals surface area contributed by atoms with E-state index in [2.05, 4.69) is 14.7 Å². The highest BCUT2D eigenvalue weighted by atomic mass is 32.2. The van der Waals surface area contributed by atoms with E-state index >= 15 is 0 Å². The molecule has 2 rings (SSSR count). The second-order valence-electron chi connectivity index (χ2n) is 6.16. The standard InChI is InChI=1S/C16H18F3N3OS/c1-15(2,3)24(23)22-13(14-20-9-4-10-21-14)11-5-7-12(8-6-11)16(17,18)19/h4-10,13,22H,1-3H3/t13-,24-/m0/s1. The molecule has 24 heavy (non-hydrogen) atoms. The molecule has 0 amide bonds. The van der Waals surface area contributed by atoms with Crippen LogP contribution in [-0.2, 0) is 17.2 Å². The minimum atomic E-state index is -4.40. The maximum atomic E-state index is 12.7. The van der Waals surface area contributed by atoms with E-state index in [9.17, 15) is 17.4 Å². The third-order valence-electron chi connectivity index (χ3n) is 3.20. The molecule has 130 valence electrons. The van der Waals surface area contributed by atoms with Gasteiger partial charge in [-0.1, -0.05) is 12.1 Å². The van der Waals surface area contributed by atoms with Gasteiger partial charge in [-0.2, -0.15) is 13.2 Å². The molecule has 0 aliphatic heterocycles. The molecule has 1 aromatic carbocycles. The first-order valence-corrected chi connectivity index (χ1v) is 8.36. The summed E-state index contributed by atoms with van der Waals surface area (Å²) in [6.07, 6.45) is -1.35. The highest BCUT2D eigenvalue weighted by Gasteiger charge is 2.31. The Labute approximate surface area is 141 Å². The van der Waals surface area contributed by atoms with E-state index in [0.717, 1.165) is 12.1 Å². The predicted molar refractivity (Wildman–Crippen MR) is 86.4 cm³/mol. The van der Waals surface area contributed by atoms with Crippen LogP contribution in [0.15, 0.2) is 42.7 Å². The zero-order valence-corrected chi connectivity index (χ0v) is 14.3. The topological polar surface area (TPSA) is 54.9 Å². The molecule has 0 spiro atoms. The molecule has 1 N–H and O–H groups in total. The van der Waals surface area contributed by atoms with Gasteiger partial charge in [0.15, 0.2) is 5.82 Å². The van der Waals surface area contributed by atoms with Crippen molar-refractivity contribution in [1.29, 1.82) is 0 Å². The van der Waals surface area contributed by atoms with Crippen molar-refractivity contribution >= 4 is 11.0 Å². The molecule has 1 aromatic heterocycles. The largest absolute Gasteiger partial charge is 0.416 e. The van der Waals surface area contributed by atoms with Gasteiger partial charge in [0, 0.05) is 12.4 Å². The Morgan fingerprint density at radius 3 is 2.04 bits per heavy atom. The first-order valence-electron chi connectivity index (χ1n) is 7.21. The first kappa shape index (κ1) is 18.5. The molecule has 0 aliphatic carbocycles. The van der Waals surface area contributed by atoms with Gasteiger partial charge in [0.05, 0.1) is 21.3 Å². The fourth-order valence-corrected chi connectivity index (χ4v) is 2.69. The van der Waals surface area contributed by atoms with Crippen LogP contribution in [0.3, 0.4) is 0 Å². The van der Waals surface area contributed by atoms with Crippen molar-refractivity contribution in [1.82, 2.24) is 14.7 Å². The van der Waals surface area contributed by atoms with E-state index in [1.54, 1.807) is 26.8 Å². The van der Waals surface area contributed by atoms with Crippen molar-refractivity contribution in [3.8, 4) is 0 Å². The van der Waals surface area contributed by atoms with Crippen molar-refractivity contribution in [3.05, 3.63) is 59.7 Å². The maximum Gasteiger partial charge on any atom is 0.416 e. The average molecular weight is 357 g/mol. The van der Waals surface area contributed by atoms with Crippen molar-refractivity contribution in [2.45, 2.75) is 37.7 Å². The Kier molecular flexibility index (Phi) is 5.39. The van der Waals surface area contributed by atoms with E-state index in [4.69, 9.17) is 0 Å². The van der Waals surface area contributed by atoms with Crippen LogP contribution in [-0.4, -0.2) is 18.9 Å². The van der Waals surface area contributed by atoms with Crippen LogP contribution in [0.1, 0.15) is 43.8 Å². The number of aromatic nitrogens is 2. The molecule has 0 saturated heterocycles. The second-order valence-corrected chi connectivity index (χ2v) is 8.16. The van der Waals surface area contributed by atoms with Gasteiger partial charge in [-0.3, -0.25) is 0 Å². The van der Waals surface area contributed by atoms with Gasteiger partial charge in [-0.05, 0) is 44.5 Å². The number of benzene rings is 1. The van der Waals surface area contributed by atoms with Gasteiger partial charge in [0.1, 0.15) is 6.04 Å². The lowest BCUT2D eigenvalue weighted by atomic mass is 10.0. The lowest BCUT2D eigenvalue weighted by Gasteiger charge is -2.24. The van der Waals surface area contributed by atoms with Crippen LogP contribution in [0, 0.1) is 0 Å². The lowest BCUT2D eigenvalue weighted by Crippen LogP contribution is -2.36. The van der Waals surface area contributed by atoms with Crippen LogP contribution < -0.4 is 4.72 Å². The molecule has 2 aromatic rings. The van der Waals surface area contributed by atoms with E-state index < -0.39 is 33.5 Å². The van der Waals surface area contributed by atoms with E-state index in [-0.39, 0.29) is 0 Å². The smallest absolute Gasteiger partial charge is 0.242 e. The lowest BCUT2D eigenvalue weighted by molar-refractivity contribution is -0.137. The highest BCUT2D eigenvalue weighted by molar-refractivity contribution is 7.84. The Balaban J connectivity index is 2.38.